The lowest BCUT2D eigenvalue weighted by Crippen LogP contribution is -2.29. The van der Waals surface area contributed by atoms with Crippen molar-refractivity contribution in [2.24, 2.45) is 11.8 Å². The molecule has 0 fully saturated rings. The minimum atomic E-state index is -1.28. The van der Waals surface area contributed by atoms with E-state index in [9.17, 15) is 34.5 Å². The van der Waals surface area contributed by atoms with Crippen molar-refractivity contribution in [3.05, 3.63) is 36.0 Å². The number of ketones is 1. The summed E-state index contributed by atoms with van der Waals surface area (Å²) < 4.78 is 0. The molecule has 0 unspecified atom stereocenters. The van der Waals surface area contributed by atoms with Crippen LogP contribution in [0.3, 0.4) is 0 Å². The minimum Gasteiger partial charge on any atom is -0.481 e. The molecule has 0 saturated carbocycles. The van der Waals surface area contributed by atoms with E-state index in [2.05, 4.69) is 6.58 Å². The lowest BCUT2D eigenvalue weighted by atomic mass is 9.78. The van der Waals surface area contributed by atoms with E-state index < -0.39 is 35.8 Å². The number of Topliss-reactive ketones (excluding diaryl/α,β-unsaturated/α-hetero) is 1. The van der Waals surface area contributed by atoms with Crippen molar-refractivity contribution >= 4 is 24.0 Å². The molecular weight excluding hydrogens is 352 g/mol. The van der Waals surface area contributed by atoms with Gasteiger partial charge in [-0.1, -0.05) is 30.4 Å². The molecule has 0 rings (SSSR count). The maximum Gasteiger partial charge on any atom is 0.311 e. The molecule has 0 spiro atoms. The Hall–Kier alpha value is -2.54. The van der Waals surface area contributed by atoms with Crippen molar-refractivity contribution in [3.63, 3.8) is 0 Å². The Bertz CT molecular complexity index is 635. The fourth-order valence-corrected chi connectivity index (χ4v) is 2.61. The van der Waals surface area contributed by atoms with Crippen LogP contribution in [0.4, 0.5) is 0 Å². The lowest BCUT2D eigenvalue weighted by Gasteiger charge is -2.25. The van der Waals surface area contributed by atoms with Gasteiger partial charge in [0.25, 0.3) is 0 Å². The van der Waals surface area contributed by atoms with Gasteiger partial charge in [0.15, 0.2) is 0 Å². The van der Waals surface area contributed by atoms with Crippen LogP contribution in [0.1, 0.15) is 46.5 Å². The van der Waals surface area contributed by atoms with E-state index in [1.165, 1.54) is 39.0 Å². The number of hydrogen-bond acceptors (Lipinski definition) is 5. The Kier molecular flexibility index (Phi) is 10.2. The molecule has 150 valence electrons. The SMILES string of the molecule is C=C(CCCC(C)=O)[C@H](C(=O)O)[C@H](CC(=O)O)/C(C=O)=C/C=C/C(C)(C)O. The first kappa shape index (κ1) is 24.5. The van der Waals surface area contributed by atoms with Crippen molar-refractivity contribution < 1.29 is 34.5 Å². The third kappa shape index (κ3) is 10.3. The number of aldehydes is 1. The Morgan fingerprint density at radius 2 is 1.74 bits per heavy atom. The molecule has 0 bridgehead atoms. The number of carboxylic acid groups (broad SMARTS) is 2. The Labute approximate surface area is 159 Å². The highest BCUT2D eigenvalue weighted by Gasteiger charge is 2.34. The number of carboxylic acids is 2. The molecule has 3 N–H and O–H groups in total. The topological polar surface area (TPSA) is 129 Å². The van der Waals surface area contributed by atoms with Crippen molar-refractivity contribution in [1.82, 2.24) is 0 Å². The number of hydrogen-bond donors (Lipinski definition) is 3. The quantitative estimate of drug-likeness (QED) is 0.194. The molecule has 0 aliphatic carbocycles. The van der Waals surface area contributed by atoms with Gasteiger partial charge in [-0.3, -0.25) is 14.4 Å². The second kappa shape index (κ2) is 11.2. The summed E-state index contributed by atoms with van der Waals surface area (Å²) in [6, 6.07) is 0. The van der Waals surface area contributed by atoms with Crippen LogP contribution in [0.25, 0.3) is 0 Å². The summed E-state index contributed by atoms with van der Waals surface area (Å²) in [5.74, 6) is -4.97. The molecule has 0 amide bonds. The van der Waals surface area contributed by atoms with Crippen molar-refractivity contribution in [3.8, 4) is 0 Å². The molecule has 0 saturated heterocycles. The summed E-state index contributed by atoms with van der Waals surface area (Å²) in [5, 5.41) is 28.5. The van der Waals surface area contributed by atoms with Gasteiger partial charge in [-0.15, -0.1) is 0 Å². The van der Waals surface area contributed by atoms with Crippen molar-refractivity contribution in [2.45, 2.75) is 52.1 Å². The molecule has 2 atom stereocenters. The van der Waals surface area contributed by atoms with E-state index in [1.54, 1.807) is 0 Å². The summed E-state index contributed by atoms with van der Waals surface area (Å²) in [4.78, 5) is 45.6. The van der Waals surface area contributed by atoms with Crippen molar-refractivity contribution in [2.75, 3.05) is 0 Å². The Balaban J connectivity index is 5.76. The average molecular weight is 380 g/mol. The second-order valence-electron chi connectivity index (χ2n) is 7.03. The minimum absolute atomic E-state index is 0.0157. The second-order valence-corrected chi connectivity index (χ2v) is 7.03. The number of aliphatic carboxylic acids is 2. The van der Waals surface area contributed by atoms with Crippen LogP contribution in [0.15, 0.2) is 36.0 Å². The predicted octanol–water partition coefficient (Wildman–Crippen LogP) is 2.55. The molecule has 0 aromatic rings. The molecule has 0 heterocycles. The van der Waals surface area contributed by atoms with Gasteiger partial charge in [0.1, 0.15) is 12.1 Å². The van der Waals surface area contributed by atoms with E-state index in [0.717, 1.165) is 0 Å². The van der Waals surface area contributed by atoms with Gasteiger partial charge >= 0.3 is 11.9 Å². The maximum atomic E-state index is 11.8. The first-order valence-corrected chi connectivity index (χ1v) is 8.57. The molecule has 0 aromatic heterocycles. The van der Waals surface area contributed by atoms with Gasteiger partial charge in [0, 0.05) is 12.3 Å². The number of carbonyl (C=O) groups is 4. The van der Waals surface area contributed by atoms with Crippen LogP contribution in [0, 0.1) is 11.8 Å². The van der Waals surface area contributed by atoms with Crippen LogP contribution in [0.2, 0.25) is 0 Å². The van der Waals surface area contributed by atoms with Crippen LogP contribution >= 0.6 is 0 Å². The molecule has 7 heteroatoms. The molecule has 7 nitrogen and oxygen atoms in total. The zero-order chi connectivity index (χ0) is 21.2. The molecule has 27 heavy (non-hydrogen) atoms. The highest BCUT2D eigenvalue weighted by molar-refractivity contribution is 5.83. The molecule has 0 aliphatic heterocycles. The standard InChI is InChI=1S/C20H28O7/c1-13(7-5-8-14(2)22)18(19(25)26)16(11-17(23)24)15(12-21)9-6-10-20(3,4)27/h6,9-10,12,16,18,27H,1,5,7-8,11H2,2-4H3,(H,23,24)(H,25,26)/b10-6+,15-9+/t16-,18+/m1/s1. The van der Waals surface area contributed by atoms with E-state index in [-0.39, 0.29) is 29.8 Å². The summed E-state index contributed by atoms with van der Waals surface area (Å²) in [7, 11) is 0. The highest BCUT2D eigenvalue weighted by atomic mass is 16.4. The van der Waals surface area contributed by atoms with Gasteiger partial charge in [0.05, 0.1) is 17.9 Å². The predicted molar refractivity (Wildman–Crippen MR) is 100 cm³/mol. The number of rotatable bonds is 13. The van der Waals surface area contributed by atoms with Gasteiger partial charge in [-0.2, -0.15) is 0 Å². The fourth-order valence-electron chi connectivity index (χ4n) is 2.61. The fraction of sp³-hybridized carbons (Fsp3) is 0.500. The number of allylic oxidation sites excluding steroid dienone is 3. The summed E-state index contributed by atoms with van der Waals surface area (Å²) >= 11 is 0. The monoisotopic (exact) mass is 380 g/mol. The third-order valence-corrected chi connectivity index (χ3v) is 3.89. The summed E-state index contributed by atoms with van der Waals surface area (Å²) in [5.41, 5.74) is -0.901. The van der Waals surface area contributed by atoms with Crippen LogP contribution in [-0.4, -0.2) is 44.9 Å². The zero-order valence-corrected chi connectivity index (χ0v) is 16.0. The smallest absolute Gasteiger partial charge is 0.311 e. The van der Waals surface area contributed by atoms with E-state index in [4.69, 9.17) is 0 Å². The molecular formula is C20H28O7. The maximum absolute atomic E-state index is 11.8. The van der Waals surface area contributed by atoms with Crippen LogP contribution < -0.4 is 0 Å². The number of carbonyl (C=O) groups excluding carboxylic acids is 2. The Morgan fingerprint density at radius 3 is 2.15 bits per heavy atom. The molecule has 0 aliphatic rings. The van der Waals surface area contributed by atoms with Crippen LogP contribution in [-0.2, 0) is 19.2 Å². The van der Waals surface area contributed by atoms with Crippen molar-refractivity contribution in [1.29, 1.82) is 0 Å². The molecule has 0 radical (unpaired) electrons. The highest BCUT2D eigenvalue weighted by Crippen LogP contribution is 2.32. The van der Waals surface area contributed by atoms with Gasteiger partial charge in [-0.05, 0) is 39.2 Å². The largest absolute Gasteiger partial charge is 0.481 e. The van der Waals surface area contributed by atoms with E-state index in [0.29, 0.717) is 12.7 Å². The van der Waals surface area contributed by atoms with Gasteiger partial charge in [0.2, 0.25) is 0 Å². The normalized spacial score (nSPS) is 14.6. The van der Waals surface area contributed by atoms with E-state index >= 15 is 0 Å². The van der Waals surface area contributed by atoms with Gasteiger partial charge in [-0.25, -0.2) is 0 Å². The number of aliphatic hydroxyl groups is 1. The third-order valence-electron chi connectivity index (χ3n) is 3.89. The zero-order valence-electron chi connectivity index (χ0n) is 16.0. The first-order valence-electron chi connectivity index (χ1n) is 8.57. The average Bonchev–Trinajstić information content (AvgIpc) is 2.48. The van der Waals surface area contributed by atoms with E-state index in [1.807, 2.05) is 0 Å². The molecule has 0 aromatic carbocycles. The summed E-state index contributed by atoms with van der Waals surface area (Å²) in [6.07, 6.45) is 4.83. The lowest BCUT2D eigenvalue weighted by molar-refractivity contribution is -0.143. The summed E-state index contributed by atoms with van der Waals surface area (Å²) in [6.45, 7) is 8.21. The first-order chi connectivity index (χ1) is 12.4. The van der Waals surface area contributed by atoms with Crippen LogP contribution in [0.5, 0.6) is 0 Å². The Morgan fingerprint density at radius 1 is 1.15 bits per heavy atom. The van der Waals surface area contributed by atoms with Gasteiger partial charge < -0.3 is 20.1 Å².